The van der Waals surface area contributed by atoms with Crippen molar-refractivity contribution in [3.05, 3.63) is 53.6 Å². The maximum atomic E-state index is 12.4. The molecule has 1 N–H and O–H groups in total. The average Bonchev–Trinajstić information content (AvgIpc) is 3.09. The Morgan fingerprint density at radius 2 is 1.88 bits per heavy atom. The van der Waals surface area contributed by atoms with Crippen molar-refractivity contribution >= 4 is 5.91 Å². The summed E-state index contributed by atoms with van der Waals surface area (Å²) in [6.07, 6.45) is 0. The van der Waals surface area contributed by atoms with Gasteiger partial charge in [-0.3, -0.25) is 4.79 Å². The van der Waals surface area contributed by atoms with Gasteiger partial charge in [0.15, 0.2) is 11.5 Å². The second-order valence-corrected chi connectivity index (χ2v) is 6.03. The highest BCUT2D eigenvalue weighted by molar-refractivity contribution is 5.94. The Bertz CT molecular complexity index is 744. The van der Waals surface area contributed by atoms with E-state index in [1.54, 1.807) is 31.4 Å². The molecule has 0 fully saturated rings. The summed E-state index contributed by atoms with van der Waals surface area (Å²) in [7, 11) is 5.56. The van der Waals surface area contributed by atoms with Crippen LogP contribution in [0.3, 0.4) is 0 Å². The van der Waals surface area contributed by atoms with Crippen LogP contribution < -0.4 is 19.5 Å². The molecule has 0 aromatic heterocycles. The number of nitrogens with zero attached hydrogens (tertiary/aromatic N) is 1. The van der Waals surface area contributed by atoms with Crippen LogP contribution in [0.2, 0.25) is 0 Å². The molecule has 6 heteroatoms. The predicted octanol–water partition coefficient (Wildman–Crippen LogP) is 2.46. The monoisotopic (exact) mass is 342 g/mol. The van der Waals surface area contributed by atoms with Gasteiger partial charge < -0.3 is 24.4 Å². The van der Waals surface area contributed by atoms with Crippen LogP contribution in [0.25, 0.3) is 0 Å². The Morgan fingerprint density at radius 1 is 1.16 bits per heavy atom. The zero-order valence-electron chi connectivity index (χ0n) is 14.6. The lowest BCUT2D eigenvalue weighted by atomic mass is 10.0. The van der Waals surface area contributed by atoms with E-state index in [1.807, 2.05) is 32.3 Å². The van der Waals surface area contributed by atoms with E-state index in [9.17, 15) is 4.79 Å². The lowest BCUT2D eigenvalue weighted by Gasteiger charge is -2.25. The number of nitrogens with one attached hydrogen (secondary N) is 1. The van der Waals surface area contributed by atoms with Gasteiger partial charge in [0.05, 0.1) is 13.2 Å². The van der Waals surface area contributed by atoms with Gasteiger partial charge in [0.25, 0.3) is 5.91 Å². The smallest absolute Gasteiger partial charge is 0.251 e. The molecule has 1 amide bonds. The van der Waals surface area contributed by atoms with E-state index in [4.69, 9.17) is 14.2 Å². The molecule has 132 valence electrons. The zero-order chi connectivity index (χ0) is 17.8. The fraction of sp³-hybridized carbons (Fsp3) is 0.316. The van der Waals surface area contributed by atoms with Crippen molar-refractivity contribution in [1.29, 1.82) is 0 Å². The molecular formula is C19H22N2O4. The van der Waals surface area contributed by atoms with Crippen molar-refractivity contribution in [3.8, 4) is 17.2 Å². The molecule has 1 unspecified atom stereocenters. The van der Waals surface area contributed by atoms with Gasteiger partial charge in [0.2, 0.25) is 6.79 Å². The first kappa shape index (κ1) is 17.1. The Labute approximate surface area is 147 Å². The van der Waals surface area contributed by atoms with E-state index in [0.717, 1.165) is 22.8 Å². The number of ether oxygens (including phenoxy) is 3. The molecular weight excluding hydrogens is 320 g/mol. The molecule has 1 heterocycles. The summed E-state index contributed by atoms with van der Waals surface area (Å²) in [6, 6.07) is 12.9. The van der Waals surface area contributed by atoms with Crippen LogP contribution in [-0.4, -0.2) is 45.3 Å². The molecule has 25 heavy (non-hydrogen) atoms. The molecule has 0 spiro atoms. The Kier molecular flexibility index (Phi) is 5.09. The molecule has 2 aromatic rings. The van der Waals surface area contributed by atoms with Crippen molar-refractivity contribution in [2.45, 2.75) is 6.04 Å². The molecule has 2 aromatic carbocycles. The van der Waals surface area contributed by atoms with Gasteiger partial charge in [0, 0.05) is 12.1 Å². The molecule has 1 atom stereocenters. The fourth-order valence-electron chi connectivity index (χ4n) is 2.75. The number of methoxy groups -OCH3 is 1. The predicted molar refractivity (Wildman–Crippen MR) is 94.3 cm³/mol. The molecule has 1 aliphatic rings. The third-order valence-corrected chi connectivity index (χ3v) is 4.21. The van der Waals surface area contributed by atoms with Crippen LogP contribution in [0, 0.1) is 0 Å². The Hall–Kier alpha value is -2.73. The molecule has 3 rings (SSSR count). The summed E-state index contributed by atoms with van der Waals surface area (Å²) in [4.78, 5) is 14.4. The van der Waals surface area contributed by atoms with Gasteiger partial charge in [0.1, 0.15) is 5.75 Å². The van der Waals surface area contributed by atoms with Crippen LogP contribution >= 0.6 is 0 Å². The molecule has 0 saturated heterocycles. The lowest BCUT2D eigenvalue weighted by molar-refractivity contribution is 0.0942. The van der Waals surface area contributed by atoms with E-state index in [1.165, 1.54) is 0 Å². The Balaban J connectivity index is 1.68. The summed E-state index contributed by atoms with van der Waals surface area (Å²) >= 11 is 0. The van der Waals surface area contributed by atoms with E-state index in [-0.39, 0.29) is 18.7 Å². The number of carbonyl (C=O) groups is 1. The largest absolute Gasteiger partial charge is 0.497 e. The van der Waals surface area contributed by atoms with Gasteiger partial charge >= 0.3 is 0 Å². The van der Waals surface area contributed by atoms with Gasteiger partial charge in [-0.1, -0.05) is 6.07 Å². The Morgan fingerprint density at radius 3 is 2.56 bits per heavy atom. The highest BCUT2D eigenvalue weighted by Gasteiger charge is 2.20. The van der Waals surface area contributed by atoms with Crippen LogP contribution in [0.5, 0.6) is 17.2 Å². The fourth-order valence-corrected chi connectivity index (χ4v) is 2.75. The second-order valence-electron chi connectivity index (χ2n) is 6.03. The van der Waals surface area contributed by atoms with E-state index in [0.29, 0.717) is 12.1 Å². The molecule has 0 aliphatic carbocycles. The topological polar surface area (TPSA) is 60.0 Å². The SMILES string of the molecule is COc1ccc(C(=O)NCC(c2ccc3c(c2)OCO3)N(C)C)cc1. The third-order valence-electron chi connectivity index (χ3n) is 4.21. The highest BCUT2D eigenvalue weighted by Crippen LogP contribution is 2.34. The highest BCUT2D eigenvalue weighted by atomic mass is 16.7. The van der Waals surface area contributed by atoms with Crippen molar-refractivity contribution in [1.82, 2.24) is 10.2 Å². The number of hydrogen-bond acceptors (Lipinski definition) is 5. The lowest BCUT2D eigenvalue weighted by Crippen LogP contribution is -2.34. The third kappa shape index (κ3) is 3.85. The van der Waals surface area contributed by atoms with Crippen LogP contribution in [0.4, 0.5) is 0 Å². The van der Waals surface area contributed by atoms with Crippen molar-refractivity contribution in [2.75, 3.05) is 34.5 Å². The number of benzene rings is 2. The minimum absolute atomic E-state index is 0.0247. The maximum absolute atomic E-state index is 12.4. The van der Waals surface area contributed by atoms with Crippen LogP contribution in [0.1, 0.15) is 22.0 Å². The number of likely N-dealkylation sites (N-methyl/N-ethyl adjacent to an activating group) is 1. The summed E-state index contributed by atoms with van der Waals surface area (Å²) in [5, 5.41) is 2.99. The maximum Gasteiger partial charge on any atom is 0.251 e. The van der Waals surface area contributed by atoms with Crippen molar-refractivity contribution < 1.29 is 19.0 Å². The number of amides is 1. The number of fused-ring (bicyclic) bond motifs is 1. The molecule has 1 aliphatic heterocycles. The number of carbonyl (C=O) groups excluding carboxylic acids is 1. The summed E-state index contributed by atoms with van der Waals surface area (Å²) in [6.45, 7) is 0.733. The number of hydrogen-bond donors (Lipinski definition) is 1. The van der Waals surface area contributed by atoms with Crippen LogP contribution in [0.15, 0.2) is 42.5 Å². The quantitative estimate of drug-likeness (QED) is 0.874. The molecule has 0 saturated carbocycles. The first-order valence-corrected chi connectivity index (χ1v) is 8.06. The first-order valence-electron chi connectivity index (χ1n) is 8.06. The molecule has 0 bridgehead atoms. The van der Waals surface area contributed by atoms with Gasteiger partial charge in [-0.15, -0.1) is 0 Å². The van der Waals surface area contributed by atoms with Gasteiger partial charge in [-0.05, 0) is 56.1 Å². The van der Waals surface area contributed by atoms with Crippen molar-refractivity contribution in [3.63, 3.8) is 0 Å². The van der Waals surface area contributed by atoms with Gasteiger partial charge in [-0.2, -0.15) is 0 Å². The summed E-state index contributed by atoms with van der Waals surface area (Å²) in [5.41, 5.74) is 1.66. The van der Waals surface area contributed by atoms with Crippen molar-refractivity contribution in [2.24, 2.45) is 0 Å². The normalized spacial score (nSPS) is 13.6. The summed E-state index contributed by atoms with van der Waals surface area (Å²) < 4.78 is 15.9. The van der Waals surface area contributed by atoms with Crippen LogP contribution in [-0.2, 0) is 0 Å². The molecule has 6 nitrogen and oxygen atoms in total. The standard InChI is InChI=1S/C19H22N2O4/c1-21(2)16(14-6-9-17-18(10-14)25-12-24-17)11-20-19(22)13-4-7-15(23-3)8-5-13/h4-10,16H,11-12H2,1-3H3,(H,20,22). The average molecular weight is 342 g/mol. The van der Waals surface area contributed by atoms with Gasteiger partial charge in [-0.25, -0.2) is 0 Å². The van der Waals surface area contributed by atoms with E-state index < -0.39 is 0 Å². The zero-order valence-corrected chi connectivity index (χ0v) is 14.6. The van der Waals surface area contributed by atoms with E-state index >= 15 is 0 Å². The van der Waals surface area contributed by atoms with E-state index in [2.05, 4.69) is 10.2 Å². The molecule has 0 radical (unpaired) electrons. The minimum Gasteiger partial charge on any atom is -0.497 e. The number of rotatable bonds is 6. The summed E-state index contributed by atoms with van der Waals surface area (Å²) in [5.74, 6) is 2.10. The first-order chi connectivity index (χ1) is 12.1. The second kappa shape index (κ2) is 7.44. The minimum atomic E-state index is -0.116.